The van der Waals surface area contributed by atoms with E-state index in [1.165, 1.54) is 15.3 Å². The van der Waals surface area contributed by atoms with E-state index in [9.17, 15) is 0 Å². The highest BCUT2D eigenvalue weighted by Crippen LogP contribution is 2.67. The van der Waals surface area contributed by atoms with Crippen molar-refractivity contribution >= 4 is 23.1 Å². The highest BCUT2D eigenvalue weighted by Gasteiger charge is 2.66. The fourth-order valence-corrected chi connectivity index (χ4v) is 5.76. The van der Waals surface area contributed by atoms with Gasteiger partial charge in [-0.25, -0.2) is 0 Å². The Labute approximate surface area is 127 Å². The van der Waals surface area contributed by atoms with Gasteiger partial charge in [0.25, 0.3) is 0 Å². The van der Waals surface area contributed by atoms with Gasteiger partial charge < -0.3 is 4.74 Å². The van der Waals surface area contributed by atoms with Crippen LogP contribution in [0.2, 0.25) is 0 Å². The maximum atomic E-state index is 6.56. The molecule has 2 aliphatic heterocycles. The number of allylic oxidation sites excluding steroid dienone is 1. The summed E-state index contributed by atoms with van der Waals surface area (Å²) in [7, 11) is 0. The van der Waals surface area contributed by atoms with Crippen LogP contribution in [0.25, 0.3) is 0 Å². The Morgan fingerprint density at radius 2 is 1.90 bits per heavy atom. The van der Waals surface area contributed by atoms with Crippen molar-refractivity contribution in [1.82, 2.24) is 0 Å². The van der Waals surface area contributed by atoms with Gasteiger partial charge in [-0.1, -0.05) is 54.2 Å². The molecule has 1 aromatic heterocycles. The molecule has 3 atom stereocenters. The van der Waals surface area contributed by atoms with Crippen LogP contribution in [-0.4, -0.2) is 4.93 Å². The molecule has 3 heteroatoms. The second kappa shape index (κ2) is 4.23. The number of rotatable bonds is 2. The minimum absolute atomic E-state index is 0.107. The Morgan fingerprint density at radius 1 is 1.10 bits per heavy atom. The Morgan fingerprint density at radius 3 is 2.55 bits per heavy atom. The van der Waals surface area contributed by atoms with Crippen molar-refractivity contribution in [3.8, 4) is 0 Å². The molecule has 0 radical (unpaired) electrons. The van der Waals surface area contributed by atoms with Crippen molar-refractivity contribution in [1.29, 1.82) is 0 Å². The molecule has 1 unspecified atom stereocenters. The smallest absolute Gasteiger partial charge is 0.139 e. The summed E-state index contributed by atoms with van der Waals surface area (Å²) in [6.07, 6.45) is 2.39. The van der Waals surface area contributed by atoms with E-state index >= 15 is 0 Å². The first kappa shape index (κ1) is 12.7. The maximum absolute atomic E-state index is 6.56. The number of thiophene rings is 1. The number of benzene rings is 1. The summed E-state index contributed by atoms with van der Waals surface area (Å²) in [4.78, 5) is 2.56. The van der Waals surface area contributed by atoms with E-state index in [-0.39, 0.29) is 10.5 Å². The average Bonchev–Trinajstić information content (AvgIpc) is 3.04. The summed E-state index contributed by atoms with van der Waals surface area (Å²) in [6, 6.07) is 14.9. The number of fused-ring (bicyclic) bond motifs is 1. The van der Waals surface area contributed by atoms with Gasteiger partial charge in [-0.2, -0.15) is 0 Å². The molecule has 0 aliphatic carbocycles. The highest BCUT2D eigenvalue weighted by molar-refractivity contribution is 8.04. The van der Waals surface area contributed by atoms with Gasteiger partial charge in [0.2, 0.25) is 0 Å². The summed E-state index contributed by atoms with van der Waals surface area (Å²) in [6.45, 7) is 4.39. The quantitative estimate of drug-likeness (QED) is 0.771. The summed E-state index contributed by atoms with van der Waals surface area (Å²) >= 11 is 3.64. The molecule has 0 amide bonds. The van der Waals surface area contributed by atoms with E-state index in [1.807, 2.05) is 11.8 Å². The van der Waals surface area contributed by atoms with Crippen LogP contribution in [0.15, 0.2) is 58.8 Å². The van der Waals surface area contributed by atoms with Crippen molar-refractivity contribution < 1.29 is 4.74 Å². The lowest BCUT2D eigenvalue weighted by Gasteiger charge is -2.57. The fraction of sp³-hybridized carbons (Fsp3) is 0.294. The fourth-order valence-electron chi connectivity index (χ4n) is 3.46. The first-order valence-corrected chi connectivity index (χ1v) is 8.52. The minimum atomic E-state index is -0.297. The molecular formula is C17H16OS2. The monoisotopic (exact) mass is 300 g/mol. The Balaban J connectivity index is 1.90. The second-order valence-corrected chi connectivity index (χ2v) is 8.16. The molecule has 2 aliphatic rings. The van der Waals surface area contributed by atoms with Crippen LogP contribution >= 0.6 is 23.1 Å². The van der Waals surface area contributed by atoms with E-state index in [1.54, 1.807) is 11.3 Å². The van der Waals surface area contributed by atoms with Crippen molar-refractivity contribution in [2.75, 3.05) is 0 Å². The summed E-state index contributed by atoms with van der Waals surface area (Å²) in [5.74, 6) is 0.404. The predicted octanol–water partition coefficient (Wildman–Crippen LogP) is 5.00. The van der Waals surface area contributed by atoms with Crippen LogP contribution in [-0.2, 0) is 10.3 Å². The largest absolute Gasteiger partial charge is 0.346 e. The zero-order chi connectivity index (χ0) is 13.8. The van der Waals surface area contributed by atoms with Gasteiger partial charge in [0, 0.05) is 4.88 Å². The van der Waals surface area contributed by atoms with Crippen molar-refractivity contribution in [3.63, 3.8) is 0 Å². The third-order valence-corrected chi connectivity index (χ3v) is 6.41. The molecule has 1 saturated heterocycles. The number of ether oxygens (including phenoxy) is 1. The zero-order valence-corrected chi connectivity index (χ0v) is 13.1. The van der Waals surface area contributed by atoms with Gasteiger partial charge >= 0.3 is 0 Å². The molecule has 2 aromatic rings. The predicted molar refractivity (Wildman–Crippen MR) is 85.9 cm³/mol. The van der Waals surface area contributed by atoms with E-state index in [0.717, 1.165) is 0 Å². The number of hydrogen-bond acceptors (Lipinski definition) is 3. The summed E-state index contributed by atoms with van der Waals surface area (Å²) < 4.78 is 6.56. The molecule has 20 heavy (non-hydrogen) atoms. The molecule has 0 saturated carbocycles. The standard InChI is InChI=1S/C17H16OS2/c1-12-11-14-16(2,20-12)18-17(14,15-9-6-10-19-15)13-7-4-3-5-8-13/h3-11,14H,1-2H3/t14?,16-,17-/m0/s1. The lowest BCUT2D eigenvalue weighted by atomic mass is 9.71. The highest BCUT2D eigenvalue weighted by atomic mass is 32.2. The Kier molecular flexibility index (Phi) is 2.69. The molecule has 4 rings (SSSR count). The minimum Gasteiger partial charge on any atom is -0.346 e. The first-order chi connectivity index (χ1) is 9.65. The molecule has 1 aromatic carbocycles. The van der Waals surface area contributed by atoms with Crippen LogP contribution in [0.3, 0.4) is 0 Å². The van der Waals surface area contributed by atoms with Crippen LogP contribution < -0.4 is 0 Å². The third-order valence-electron chi connectivity index (χ3n) is 4.22. The maximum Gasteiger partial charge on any atom is 0.139 e. The van der Waals surface area contributed by atoms with E-state index in [4.69, 9.17) is 4.74 Å². The molecular weight excluding hydrogens is 284 g/mol. The Hall–Kier alpha value is -1.03. The van der Waals surface area contributed by atoms with Crippen LogP contribution in [0.4, 0.5) is 0 Å². The normalized spacial score (nSPS) is 35.3. The molecule has 3 heterocycles. The lowest BCUT2D eigenvalue weighted by molar-refractivity contribution is -0.236. The summed E-state index contributed by atoms with van der Waals surface area (Å²) in [5.41, 5.74) is 0.964. The molecule has 1 nitrogen and oxygen atoms in total. The number of hydrogen-bond donors (Lipinski definition) is 0. The van der Waals surface area contributed by atoms with Crippen molar-refractivity contribution in [2.45, 2.75) is 24.4 Å². The van der Waals surface area contributed by atoms with Gasteiger partial charge in [0.05, 0.1) is 5.92 Å². The SMILES string of the molecule is CC1=CC2[C@@](c3ccccc3)(c3cccs3)O[C@@]2(C)S1. The first-order valence-electron chi connectivity index (χ1n) is 6.82. The van der Waals surface area contributed by atoms with Crippen LogP contribution in [0.5, 0.6) is 0 Å². The van der Waals surface area contributed by atoms with Crippen LogP contribution in [0, 0.1) is 5.92 Å². The molecule has 1 fully saturated rings. The lowest BCUT2D eigenvalue weighted by Crippen LogP contribution is -2.61. The van der Waals surface area contributed by atoms with Gasteiger partial charge in [-0.05, 0) is 35.8 Å². The molecule has 0 spiro atoms. The molecule has 0 bridgehead atoms. The molecule has 0 N–H and O–H groups in total. The Bertz CT molecular complexity index is 662. The van der Waals surface area contributed by atoms with Gasteiger partial charge in [-0.3, -0.25) is 0 Å². The van der Waals surface area contributed by atoms with Crippen molar-refractivity contribution in [2.24, 2.45) is 5.92 Å². The number of thioether (sulfide) groups is 1. The van der Waals surface area contributed by atoms with Crippen molar-refractivity contribution in [3.05, 3.63) is 69.3 Å². The zero-order valence-electron chi connectivity index (χ0n) is 11.5. The van der Waals surface area contributed by atoms with Crippen LogP contribution in [0.1, 0.15) is 24.3 Å². The molecule has 102 valence electrons. The van der Waals surface area contributed by atoms with E-state index in [0.29, 0.717) is 5.92 Å². The van der Waals surface area contributed by atoms with E-state index in [2.05, 4.69) is 67.8 Å². The van der Waals surface area contributed by atoms with Gasteiger partial charge in [0.15, 0.2) is 0 Å². The van der Waals surface area contributed by atoms with Gasteiger partial charge in [0.1, 0.15) is 10.5 Å². The second-order valence-electron chi connectivity index (χ2n) is 5.55. The average molecular weight is 300 g/mol. The summed E-state index contributed by atoms with van der Waals surface area (Å²) in [5, 5.41) is 2.14. The third kappa shape index (κ3) is 1.54. The van der Waals surface area contributed by atoms with E-state index < -0.39 is 0 Å². The topological polar surface area (TPSA) is 9.23 Å². The van der Waals surface area contributed by atoms with Gasteiger partial charge in [-0.15, -0.1) is 11.3 Å².